The molecule has 0 radical (unpaired) electrons. The summed E-state index contributed by atoms with van der Waals surface area (Å²) in [6.07, 6.45) is 4.47. The van der Waals surface area contributed by atoms with Crippen LogP contribution >= 0.6 is 0 Å². The van der Waals surface area contributed by atoms with Gasteiger partial charge >= 0.3 is 0 Å². The molecule has 0 bridgehead atoms. The van der Waals surface area contributed by atoms with E-state index in [4.69, 9.17) is 20.9 Å². The summed E-state index contributed by atoms with van der Waals surface area (Å²) in [6, 6.07) is 15.4. The SMILES string of the molecule is CN=CN=C(N)c1ccc(N2CCN(C(=O)CN3CC[C@]4(CCN(c5ccc(C)c(C(=N)c6ccc(OC(C)C)nc6)n5)C4=O)C3)C(C)C2)cc1. The van der Waals surface area contributed by atoms with E-state index >= 15 is 0 Å². The topological polar surface area (TPSA) is 157 Å². The minimum absolute atomic E-state index is 0.00640. The van der Waals surface area contributed by atoms with Gasteiger partial charge in [0.1, 0.15) is 18.0 Å². The van der Waals surface area contributed by atoms with Crippen LogP contribution in [0.3, 0.4) is 0 Å². The standard InChI is InChI=1S/C38H48N10O3/c1-25(2)51-32-13-9-29(20-42-32)34(39)35-26(3)6-12-31(44-35)48-17-15-38(37(48)50)14-16-45(23-38)22-33(49)47-19-18-46(21-27(47)4)30-10-7-28(8-11-30)36(40)43-24-41-5/h6-13,20,24-25,27,39H,14-19,21-23H2,1-5H3,(H2,40,41,43)/t27?,38-/m0/s1. The number of carbonyl (C=O) groups is 2. The summed E-state index contributed by atoms with van der Waals surface area (Å²) in [5.41, 5.74) is 9.65. The molecule has 5 heterocycles. The third kappa shape index (κ3) is 7.63. The normalized spacial score (nSPS) is 21.5. The lowest BCUT2D eigenvalue weighted by Crippen LogP contribution is -2.56. The molecule has 3 fully saturated rings. The quantitative estimate of drug-likeness (QED) is 0.242. The second kappa shape index (κ2) is 15.0. The van der Waals surface area contributed by atoms with Gasteiger partial charge in [0.15, 0.2) is 0 Å². The molecule has 1 spiro atoms. The second-order valence-corrected chi connectivity index (χ2v) is 14.0. The van der Waals surface area contributed by atoms with Crippen LogP contribution in [-0.4, -0.2) is 114 Å². The van der Waals surface area contributed by atoms with E-state index in [9.17, 15) is 9.59 Å². The number of nitrogens with one attached hydrogen (secondary N) is 1. The van der Waals surface area contributed by atoms with Crippen molar-refractivity contribution in [1.82, 2.24) is 19.8 Å². The molecule has 2 atom stereocenters. The number of likely N-dealkylation sites (tertiary alicyclic amines) is 1. The summed E-state index contributed by atoms with van der Waals surface area (Å²) in [5.74, 6) is 1.61. The number of benzene rings is 1. The van der Waals surface area contributed by atoms with Crippen LogP contribution in [0.4, 0.5) is 11.5 Å². The maximum absolute atomic E-state index is 14.0. The molecule has 13 nitrogen and oxygen atoms in total. The lowest BCUT2D eigenvalue weighted by atomic mass is 9.85. The molecule has 3 saturated heterocycles. The van der Waals surface area contributed by atoms with Gasteiger partial charge in [-0.1, -0.05) is 6.07 Å². The van der Waals surface area contributed by atoms with Crippen molar-refractivity contribution in [3.05, 3.63) is 77.1 Å². The molecule has 51 heavy (non-hydrogen) atoms. The van der Waals surface area contributed by atoms with Crippen molar-refractivity contribution in [1.29, 1.82) is 5.41 Å². The van der Waals surface area contributed by atoms with Gasteiger partial charge in [0.25, 0.3) is 0 Å². The molecule has 268 valence electrons. The number of amides is 2. The Morgan fingerprint density at radius 2 is 1.82 bits per heavy atom. The van der Waals surface area contributed by atoms with E-state index in [2.05, 4.69) is 31.7 Å². The van der Waals surface area contributed by atoms with Gasteiger partial charge in [-0.05, 0) is 89.0 Å². The molecule has 2 amide bonds. The fourth-order valence-corrected chi connectivity index (χ4v) is 7.29. The first kappa shape index (κ1) is 35.6. The molecule has 2 aromatic heterocycles. The van der Waals surface area contributed by atoms with Crippen LogP contribution in [0.5, 0.6) is 5.88 Å². The van der Waals surface area contributed by atoms with Crippen molar-refractivity contribution in [3.8, 4) is 5.88 Å². The van der Waals surface area contributed by atoms with Crippen LogP contribution in [-0.2, 0) is 9.59 Å². The van der Waals surface area contributed by atoms with Crippen LogP contribution < -0.4 is 20.3 Å². The fraction of sp³-hybridized carbons (Fsp3) is 0.447. The smallest absolute Gasteiger partial charge is 0.237 e. The molecule has 1 aromatic carbocycles. The van der Waals surface area contributed by atoms with Gasteiger partial charge < -0.3 is 20.3 Å². The number of aromatic nitrogens is 2. The van der Waals surface area contributed by atoms with E-state index < -0.39 is 5.41 Å². The number of hydrogen-bond donors (Lipinski definition) is 2. The largest absolute Gasteiger partial charge is 0.475 e. The number of rotatable bonds is 10. The van der Waals surface area contributed by atoms with Gasteiger partial charge in [-0.3, -0.25) is 29.8 Å². The highest BCUT2D eigenvalue weighted by atomic mass is 16.5. The first-order valence-electron chi connectivity index (χ1n) is 17.6. The minimum Gasteiger partial charge on any atom is -0.475 e. The molecule has 0 saturated carbocycles. The fourth-order valence-electron chi connectivity index (χ4n) is 7.29. The zero-order chi connectivity index (χ0) is 36.3. The van der Waals surface area contributed by atoms with Gasteiger partial charge in [-0.25, -0.2) is 15.0 Å². The van der Waals surface area contributed by atoms with Crippen LogP contribution in [0.25, 0.3) is 0 Å². The Morgan fingerprint density at radius 1 is 1.08 bits per heavy atom. The number of pyridine rings is 2. The number of ether oxygens (including phenoxy) is 1. The number of aliphatic imine (C=N–C) groups is 2. The van der Waals surface area contributed by atoms with E-state index in [1.54, 1.807) is 24.2 Å². The zero-order valence-corrected chi connectivity index (χ0v) is 30.2. The Labute approximate surface area is 299 Å². The van der Waals surface area contributed by atoms with Crippen LogP contribution in [0, 0.1) is 17.7 Å². The van der Waals surface area contributed by atoms with E-state index in [1.165, 1.54) is 6.34 Å². The monoisotopic (exact) mass is 692 g/mol. The second-order valence-electron chi connectivity index (χ2n) is 14.0. The van der Waals surface area contributed by atoms with E-state index in [0.717, 1.165) is 29.9 Å². The summed E-state index contributed by atoms with van der Waals surface area (Å²) in [7, 11) is 1.65. The predicted octanol–water partition coefficient (Wildman–Crippen LogP) is 3.52. The maximum atomic E-state index is 14.0. The minimum atomic E-state index is -0.537. The lowest BCUT2D eigenvalue weighted by molar-refractivity contribution is -0.135. The van der Waals surface area contributed by atoms with Gasteiger partial charge in [0.2, 0.25) is 17.7 Å². The summed E-state index contributed by atoms with van der Waals surface area (Å²) in [5, 5.41) is 8.88. The number of nitrogens with two attached hydrogens (primary N) is 1. The third-order valence-corrected chi connectivity index (χ3v) is 10.1. The van der Waals surface area contributed by atoms with Gasteiger partial charge in [-0.15, -0.1) is 0 Å². The first-order valence-corrected chi connectivity index (χ1v) is 17.6. The van der Waals surface area contributed by atoms with Crippen molar-refractivity contribution in [3.63, 3.8) is 0 Å². The van der Waals surface area contributed by atoms with E-state index in [0.29, 0.717) is 74.4 Å². The number of hydrogen-bond acceptors (Lipinski definition) is 9. The van der Waals surface area contributed by atoms with Crippen molar-refractivity contribution < 1.29 is 14.3 Å². The van der Waals surface area contributed by atoms with Gasteiger partial charge in [-0.2, -0.15) is 0 Å². The number of amidine groups is 1. The number of anilines is 2. The number of carbonyl (C=O) groups excluding carboxylic acids is 2. The third-order valence-electron chi connectivity index (χ3n) is 10.1. The highest BCUT2D eigenvalue weighted by Crippen LogP contribution is 2.42. The Bertz CT molecular complexity index is 1820. The molecule has 3 aliphatic rings. The lowest BCUT2D eigenvalue weighted by Gasteiger charge is -2.41. The molecule has 13 heteroatoms. The molecule has 0 aliphatic carbocycles. The Kier molecular flexibility index (Phi) is 10.5. The van der Waals surface area contributed by atoms with Gasteiger partial charge in [0, 0.05) is 74.9 Å². The number of nitrogens with zero attached hydrogens (tertiary/aromatic N) is 8. The van der Waals surface area contributed by atoms with E-state index in [1.807, 2.05) is 68.1 Å². The molecular formula is C38H48N10O3. The predicted molar refractivity (Wildman–Crippen MR) is 200 cm³/mol. The molecule has 1 unspecified atom stereocenters. The average molecular weight is 693 g/mol. The van der Waals surface area contributed by atoms with Crippen LogP contribution in [0.1, 0.15) is 56.0 Å². The molecule has 3 N–H and O–H groups in total. The van der Waals surface area contributed by atoms with Gasteiger partial charge in [0.05, 0.1) is 29.5 Å². The van der Waals surface area contributed by atoms with Crippen molar-refractivity contribution in [2.24, 2.45) is 21.1 Å². The molecule has 3 aliphatic heterocycles. The van der Waals surface area contributed by atoms with Crippen LogP contribution in [0.2, 0.25) is 0 Å². The highest BCUT2D eigenvalue weighted by Gasteiger charge is 2.51. The molecular weight excluding hydrogens is 644 g/mol. The Morgan fingerprint density at radius 3 is 2.51 bits per heavy atom. The van der Waals surface area contributed by atoms with Crippen LogP contribution in [0.15, 0.2) is 64.7 Å². The van der Waals surface area contributed by atoms with E-state index in [-0.39, 0.29) is 29.7 Å². The average Bonchev–Trinajstić information content (AvgIpc) is 3.68. The zero-order valence-electron chi connectivity index (χ0n) is 30.2. The van der Waals surface area contributed by atoms with Crippen molar-refractivity contribution in [2.45, 2.75) is 52.7 Å². The Hall–Kier alpha value is -5.17. The van der Waals surface area contributed by atoms with Crippen molar-refractivity contribution in [2.75, 3.05) is 62.7 Å². The summed E-state index contributed by atoms with van der Waals surface area (Å²) in [6.45, 7) is 12.1. The summed E-state index contributed by atoms with van der Waals surface area (Å²) in [4.78, 5) is 52.9. The number of aryl methyl sites for hydroxylation is 1. The molecule has 3 aromatic rings. The highest BCUT2D eigenvalue weighted by molar-refractivity contribution is 6.11. The molecule has 6 rings (SSSR count). The number of piperazine rings is 1. The first-order chi connectivity index (χ1) is 24.5. The summed E-state index contributed by atoms with van der Waals surface area (Å²) < 4.78 is 5.65. The van der Waals surface area contributed by atoms with Crippen molar-refractivity contribution >= 4 is 41.2 Å². The maximum Gasteiger partial charge on any atom is 0.237 e. The summed E-state index contributed by atoms with van der Waals surface area (Å²) >= 11 is 0. The Balaban J connectivity index is 1.05.